The molecule has 0 saturated heterocycles. The van der Waals surface area contributed by atoms with Gasteiger partial charge in [0, 0.05) is 11.9 Å². The van der Waals surface area contributed by atoms with E-state index in [2.05, 4.69) is 34.7 Å². The van der Waals surface area contributed by atoms with Crippen molar-refractivity contribution in [2.75, 3.05) is 10.6 Å². The van der Waals surface area contributed by atoms with Crippen LogP contribution in [-0.4, -0.2) is 10.1 Å². The zero-order chi connectivity index (χ0) is 12.8. The molecule has 0 amide bonds. The van der Waals surface area contributed by atoms with Crippen LogP contribution < -0.4 is 10.6 Å². The van der Waals surface area contributed by atoms with Crippen molar-refractivity contribution in [2.24, 2.45) is 0 Å². The second kappa shape index (κ2) is 6.12. The Morgan fingerprint density at radius 3 is 2.44 bits per heavy atom. The third-order valence-corrected chi connectivity index (χ3v) is 2.74. The minimum absolute atomic E-state index is 0.562. The number of nitrogens with one attached hydrogen (secondary N) is 2. The normalized spacial score (nSPS) is 9.83. The van der Waals surface area contributed by atoms with Crippen LogP contribution >= 0.6 is 12.2 Å². The molecule has 92 valence electrons. The Bertz CT molecular complexity index is 508. The van der Waals surface area contributed by atoms with E-state index >= 15 is 0 Å². The van der Waals surface area contributed by atoms with Crippen LogP contribution in [0, 0.1) is 0 Å². The van der Waals surface area contributed by atoms with E-state index in [1.54, 1.807) is 12.4 Å². The first-order chi connectivity index (χ1) is 8.78. The predicted octanol–water partition coefficient (Wildman–Crippen LogP) is 3.45. The summed E-state index contributed by atoms with van der Waals surface area (Å²) >= 11 is 5.23. The van der Waals surface area contributed by atoms with Gasteiger partial charge in [0.15, 0.2) is 5.11 Å². The number of rotatable bonds is 3. The van der Waals surface area contributed by atoms with Crippen molar-refractivity contribution in [3.8, 4) is 0 Å². The number of aryl methyl sites for hydroxylation is 1. The summed E-state index contributed by atoms with van der Waals surface area (Å²) in [5.74, 6) is 0. The van der Waals surface area contributed by atoms with E-state index < -0.39 is 0 Å². The number of anilines is 2. The van der Waals surface area contributed by atoms with Crippen molar-refractivity contribution in [1.82, 2.24) is 4.98 Å². The molecule has 0 unspecified atom stereocenters. The van der Waals surface area contributed by atoms with Crippen LogP contribution in [0.3, 0.4) is 0 Å². The summed E-state index contributed by atoms with van der Waals surface area (Å²) in [5, 5.41) is 6.77. The van der Waals surface area contributed by atoms with Crippen molar-refractivity contribution in [1.29, 1.82) is 0 Å². The number of thiocarbonyl (C=S) groups is 1. The van der Waals surface area contributed by atoms with Gasteiger partial charge in [-0.3, -0.25) is 4.98 Å². The molecule has 0 aliphatic carbocycles. The van der Waals surface area contributed by atoms with Gasteiger partial charge in [-0.25, -0.2) is 0 Å². The van der Waals surface area contributed by atoms with Gasteiger partial charge in [0.05, 0.1) is 11.9 Å². The molecule has 2 aromatic rings. The van der Waals surface area contributed by atoms with Gasteiger partial charge in [0.25, 0.3) is 0 Å². The second-order valence-electron chi connectivity index (χ2n) is 3.87. The van der Waals surface area contributed by atoms with E-state index in [1.807, 2.05) is 24.3 Å². The molecule has 4 heteroatoms. The SMILES string of the molecule is CCc1ccc(NC(=S)Nc2cccnc2)cc1. The first kappa shape index (κ1) is 12.5. The summed E-state index contributed by atoms with van der Waals surface area (Å²) in [6, 6.07) is 12.0. The molecule has 0 aliphatic heterocycles. The second-order valence-corrected chi connectivity index (χ2v) is 4.28. The molecule has 0 aliphatic rings. The summed E-state index contributed by atoms with van der Waals surface area (Å²) in [6.07, 6.45) is 4.50. The quantitative estimate of drug-likeness (QED) is 0.826. The Balaban J connectivity index is 1.94. The molecule has 0 bridgehead atoms. The lowest BCUT2D eigenvalue weighted by Crippen LogP contribution is -2.19. The van der Waals surface area contributed by atoms with Crippen LogP contribution in [0.5, 0.6) is 0 Å². The number of hydrogen-bond acceptors (Lipinski definition) is 2. The predicted molar refractivity (Wildman–Crippen MR) is 79.9 cm³/mol. The van der Waals surface area contributed by atoms with Crippen LogP contribution in [0.2, 0.25) is 0 Å². The topological polar surface area (TPSA) is 37.0 Å². The Morgan fingerprint density at radius 1 is 1.11 bits per heavy atom. The maximum absolute atomic E-state index is 5.23. The van der Waals surface area contributed by atoms with Crippen LogP contribution in [0.1, 0.15) is 12.5 Å². The average Bonchev–Trinajstić information content (AvgIpc) is 2.40. The van der Waals surface area contributed by atoms with Crippen molar-refractivity contribution in [3.05, 3.63) is 54.4 Å². The molecule has 0 atom stereocenters. The summed E-state index contributed by atoms with van der Waals surface area (Å²) in [4.78, 5) is 4.02. The van der Waals surface area contributed by atoms with Crippen molar-refractivity contribution in [2.45, 2.75) is 13.3 Å². The zero-order valence-corrected chi connectivity index (χ0v) is 11.0. The van der Waals surface area contributed by atoms with Gasteiger partial charge in [-0.15, -0.1) is 0 Å². The smallest absolute Gasteiger partial charge is 0.175 e. The Labute approximate surface area is 112 Å². The fourth-order valence-corrected chi connectivity index (χ4v) is 1.79. The minimum Gasteiger partial charge on any atom is -0.332 e. The number of hydrogen-bond donors (Lipinski definition) is 2. The van der Waals surface area contributed by atoms with Crippen molar-refractivity contribution in [3.63, 3.8) is 0 Å². The molecule has 0 radical (unpaired) electrons. The molecule has 1 aromatic carbocycles. The maximum Gasteiger partial charge on any atom is 0.175 e. The fraction of sp³-hybridized carbons (Fsp3) is 0.143. The van der Waals surface area contributed by atoms with E-state index in [1.165, 1.54) is 5.56 Å². The fourth-order valence-electron chi connectivity index (χ4n) is 1.55. The van der Waals surface area contributed by atoms with Crippen LogP contribution in [0.25, 0.3) is 0 Å². The standard InChI is InChI=1S/C14H15N3S/c1-2-11-5-7-12(8-6-11)16-14(18)17-13-4-3-9-15-10-13/h3-10H,2H2,1H3,(H2,16,17,18). The summed E-state index contributed by atoms with van der Waals surface area (Å²) in [7, 11) is 0. The highest BCUT2D eigenvalue weighted by molar-refractivity contribution is 7.80. The van der Waals surface area contributed by atoms with Gasteiger partial charge in [0.1, 0.15) is 0 Å². The molecule has 0 saturated carbocycles. The summed E-state index contributed by atoms with van der Waals surface area (Å²) in [6.45, 7) is 2.14. The van der Waals surface area contributed by atoms with Crippen LogP contribution in [-0.2, 0) is 6.42 Å². The first-order valence-electron chi connectivity index (χ1n) is 5.85. The lowest BCUT2D eigenvalue weighted by Gasteiger charge is -2.10. The molecule has 18 heavy (non-hydrogen) atoms. The van der Waals surface area contributed by atoms with Gasteiger partial charge in [0.2, 0.25) is 0 Å². The monoisotopic (exact) mass is 257 g/mol. The Morgan fingerprint density at radius 2 is 1.83 bits per heavy atom. The third-order valence-electron chi connectivity index (χ3n) is 2.54. The summed E-state index contributed by atoms with van der Waals surface area (Å²) < 4.78 is 0. The van der Waals surface area contributed by atoms with E-state index in [-0.39, 0.29) is 0 Å². The molecule has 3 nitrogen and oxygen atoms in total. The van der Waals surface area contributed by atoms with Crippen molar-refractivity contribution >= 4 is 28.7 Å². The van der Waals surface area contributed by atoms with Gasteiger partial charge in [-0.2, -0.15) is 0 Å². The average molecular weight is 257 g/mol. The molecule has 0 fully saturated rings. The highest BCUT2D eigenvalue weighted by atomic mass is 32.1. The largest absolute Gasteiger partial charge is 0.332 e. The maximum atomic E-state index is 5.23. The Kier molecular flexibility index (Phi) is 4.25. The number of pyridine rings is 1. The molecule has 1 aromatic heterocycles. The third kappa shape index (κ3) is 3.53. The molecule has 2 N–H and O–H groups in total. The number of benzene rings is 1. The molecule has 2 rings (SSSR count). The summed E-state index contributed by atoms with van der Waals surface area (Å²) in [5.41, 5.74) is 3.17. The molecular weight excluding hydrogens is 242 g/mol. The number of nitrogens with zero attached hydrogens (tertiary/aromatic N) is 1. The Hall–Kier alpha value is -1.94. The lowest BCUT2D eigenvalue weighted by atomic mass is 10.1. The highest BCUT2D eigenvalue weighted by Crippen LogP contribution is 2.11. The van der Waals surface area contributed by atoms with Crippen molar-refractivity contribution < 1.29 is 0 Å². The minimum atomic E-state index is 0.562. The molecular formula is C14H15N3S. The lowest BCUT2D eigenvalue weighted by molar-refractivity contribution is 1.14. The zero-order valence-electron chi connectivity index (χ0n) is 10.2. The molecule has 0 spiro atoms. The van der Waals surface area contributed by atoms with Crippen LogP contribution in [0.15, 0.2) is 48.8 Å². The van der Waals surface area contributed by atoms with E-state index in [9.17, 15) is 0 Å². The number of aromatic nitrogens is 1. The first-order valence-corrected chi connectivity index (χ1v) is 6.25. The van der Waals surface area contributed by atoms with E-state index in [4.69, 9.17) is 12.2 Å². The molecule has 1 heterocycles. The van der Waals surface area contributed by atoms with Gasteiger partial charge in [-0.1, -0.05) is 19.1 Å². The highest BCUT2D eigenvalue weighted by Gasteiger charge is 1.98. The van der Waals surface area contributed by atoms with Crippen LogP contribution in [0.4, 0.5) is 11.4 Å². The van der Waals surface area contributed by atoms with Gasteiger partial charge < -0.3 is 10.6 Å². The van der Waals surface area contributed by atoms with Gasteiger partial charge >= 0.3 is 0 Å². The van der Waals surface area contributed by atoms with Gasteiger partial charge in [-0.05, 0) is 48.5 Å². The van der Waals surface area contributed by atoms with E-state index in [0.717, 1.165) is 17.8 Å². The van der Waals surface area contributed by atoms with E-state index in [0.29, 0.717) is 5.11 Å².